The number of carbonyl (C=O) groups excluding carboxylic acids is 1. The van der Waals surface area contributed by atoms with Crippen LogP contribution in [0, 0.1) is 5.92 Å². The summed E-state index contributed by atoms with van der Waals surface area (Å²) < 4.78 is 4.76. The molecule has 0 aromatic carbocycles. The highest BCUT2D eigenvalue weighted by Crippen LogP contribution is 2.01. The third kappa shape index (κ3) is 3.45. The van der Waals surface area contributed by atoms with Crippen LogP contribution in [0.1, 0.15) is 20.3 Å². The smallest absolute Gasteiger partial charge is 0.308 e. The maximum atomic E-state index is 10.9. The van der Waals surface area contributed by atoms with Crippen molar-refractivity contribution in [3.05, 3.63) is 0 Å². The first-order valence-corrected chi connectivity index (χ1v) is 3.59. The highest BCUT2D eigenvalue weighted by Gasteiger charge is 2.11. The molecule has 0 aliphatic rings. The Morgan fingerprint density at radius 1 is 1.70 bits per heavy atom. The lowest BCUT2D eigenvalue weighted by atomic mass is 10.1. The molecule has 3 nitrogen and oxygen atoms in total. The normalized spacial score (nSPS) is 12.7. The average Bonchev–Trinajstić information content (AvgIpc) is 1.89. The second-order valence-corrected chi connectivity index (χ2v) is 2.23. The predicted octanol–water partition coefficient (Wildman–Crippen LogP) is 0.534. The van der Waals surface area contributed by atoms with Gasteiger partial charge in [0.25, 0.3) is 0 Å². The van der Waals surface area contributed by atoms with E-state index >= 15 is 0 Å². The van der Waals surface area contributed by atoms with Crippen LogP contribution < -0.4 is 5.73 Å². The Balaban J connectivity index is 3.49. The van der Waals surface area contributed by atoms with E-state index in [0.29, 0.717) is 19.6 Å². The van der Waals surface area contributed by atoms with Crippen molar-refractivity contribution in [2.75, 3.05) is 13.2 Å². The van der Waals surface area contributed by atoms with E-state index in [-0.39, 0.29) is 11.9 Å². The fraction of sp³-hybridized carbons (Fsp3) is 0.857. The topological polar surface area (TPSA) is 52.3 Å². The zero-order chi connectivity index (χ0) is 7.98. The molecular weight excluding hydrogens is 130 g/mol. The van der Waals surface area contributed by atoms with Crippen LogP contribution in [0.25, 0.3) is 0 Å². The summed E-state index contributed by atoms with van der Waals surface area (Å²) in [5.41, 5.74) is 5.26. The van der Waals surface area contributed by atoms with E-state index in [0.717, 1.165) is 0 Å². The number of nitrogens with two attached hydrogens (primary N) is 1. The minimum Gasteiger partial charge on any atom is -0.466 e. The predicted molar refractivity (Wildman–Crippen MR) is 39.5 cm³/mol. The summed E-state index contributed by atoms with van der Waals surface area (Å²) in [6, 6.07) is 0. The van der Waals surface area contributed by atoms with E-state index < -0.39 is 0 Å². The van der Waals surface area contributed by atoms with E-state index in [9.17, 15) is 4.79 Å². The SMILES string of the molecule is CCOC(=O)C(C)CCN. The van der Waals surface area contributed by atoms with Gasteiger partial charge in [0.2, 0.25) is 0 Å². The van der Waals surface area contributed by atoms with Crippen LogP contribution in [0.4, 0.5) is 0 Å². The molecule has 0 rings (SSSR count). The minimum absolute atomic E-state index is 0.0510. The standard InChI is InChI=1S/C7H15NO2/c1-3-10-7(9)6(2)4-5-8/h6H,3-5,8H2,1-2H3. The summed E-state index contributed by atoms with van der Waals surface area (Å²) in [4.78, 5) is 10.9. The second-order valence-electron chi connectivity index (χ2n) is 2.23. The van der Waals surface area contributed by atoms with Crippen molar-refractivity contribution < 1.29 is 9.53 Å². The third-order valence-electron chi connectivity index (χ3n) is 1.29. The van der Waals surface area contributed by atoms with Gasteiger partial charge in [-0.1, -0.05) is 6.92 Å². The van der Waals surface area contributed by atoms with Gasteiger partial charge in [-0.25, -0.2) is 0 Å². The van der Waals surface area contributed by atoms with Crippen LogP contribution in [0.2, 0.25) is 0 Å². The van der Waals surface area contributed by atoms with Crippen molar-refractivity contribution in [1.29, 1.82) is 0 Å². The van der Waals surface area contributed by atoms with Gasteiger partial charge >= 0.3 is 5.97 Å². The lowest BCUT2D eigenvalue weighted by Gasteiger charge is -2.07. The molecule has 0 bridgehead atoms. The van der Waals surface area contributed by atoms with Gasteiger partial charge in [0.05, 0.1) is 12.5 Å². The summed E-state index contributed by atoms with van der Waals surface area (Å²) in [5.74, 6) is -0.196. The molecule has 0 amide bonds. The van der Waals surface area contributed by atoms with E-state index in [1.54, 1.807) is 6.92 Å². The van der Waals surface area contributed by atoms with E-state index in [1.807, 2.05) is 6.92 Å². The first-order chi connectivity index (χ1) is 4.72. The molecule has 60 valence electrons. The highest BCUT2D eigenvalue weighted by atomic mass is 16.5. The van der Waals surface area contributed by atoms with Crippen molar-refractivity contribution in [3.8, 4) is 0 Å². The monoisotopic (exact) mass is 145 g/mol. The van der Waals surface area contributed by atoms with Crippen molar-refractivity contribution in [2.45, 2.75) is 20.3 Å². The Kier molecular flexibility index (Phi) is 4.94. The van der Waals surface area contributed by atoms with Gasteiger partial charge < -0.3 is 10.5 Å². The molecule has 0 saturated heterocycles. The number of esters is 1. The number of hydrogen-bond acceptors (Lipinski definition) is 3. The van der Waals surface area contributed by atoms with E-state index in [1.165, 1.54) is 0 Å². The summed E-state index contributed by atoms with van der Waals surface area (Å²) in [6.07, 6.45) is 0.707. The molecule has 10 heavy (non-hydrogen) atoms. The third-order valence-corrected chi connectivity index (χ3v) is 1.29. The molecule has 3 heteroatoms. The number of ether oxygens (including phenoxy) is 1. The van der Waals surface area contributed by atoms with Crippen molar-refractivity contribution in [1.82, 2.24) is 0 Å². The number of hydrogen-bond donors (Lipinski definition) is 1. The zero-order valence-electron chi connectivity index (χ0n) is 6.59. The molecule has 0 fully saturated rings. The number of rotatable bonds is 4. The Morgan fingerprint density at radius 3 is 2.70 bits per heavy atom. The maximum absolute atomic E-state index is 10.9. The number of carbonyl (C=O) groups is 1. The van der Waals surface area contributed by atoms with Crippen LogP contribution in [-0.4, -0.2) is 19.1 Å². The molecule has 0 aliphatic carbocycles. The largest absolute Gasteiger partial charge is 0.466 e. The summed E-state index contributed by atoms with van der Waals surface area (Å²) in [7, 11) is 0. The van der Waals surface area contributed by atoms with Gasteiger partial charge in [-0.15, -0.1) is 0 Å². The van der Waals surface area contributed by atoms with Gasteiger partial charge in [0.15, 0.2) is 0 Å². The minimum atomic E-state index is -0.145. The van der Waals surface area contributed by atoms with Crippen LogP contribution in [-0.2, 0) is 9.53 Å². The molecule has 1 unspecified atom stereocenters. The van der Waals surface area contributed by atoms with Gasteiger partial charge in [0, 0.05) is 0 Å². The molecular formula is C7H15NO2. The van der Waals surface area contributed by atoms with Gasteiger partial charge in [-0.2, -0.15) is 0 Å². The Labute approximate surface area is 61.5 Å². The molecule has 0 radical (unpaired) electrons. The van der Waals surface area contributed by atoms with Crippen molar-refractivity contribution >= 4 is 5.97 Å². The van der Waals surface area contributed by atoms with Crippen LogP contribution in [0.3, 0.4) is 0 Å². The molecule has 2 N–H and O–H groups in total. The van der Waals surface area contributed by atoms with Gasteiger partial charge in [-0.05, 0) is 19.9 Å². The van der Waals surface area contributed by atoms with Crippen molar-refractivity contribution in [3.63, 3.8) is 0 Å². The summed E-state index contributed by atoms with van der Waals surface area (Å²) in [5, 5.41) is 0. The summed E-state index contributed by atoms with van der Waals surface area (Å²) in [6.45, 7) is 4.62. The zero-order valence-corrected chi connectivity index (χ0v) is 6.59. The Bertz CT molecular complexity index is 104. The van der Waals surface area contributed by atoms with E-state index in [4.69, 9.17) is 10.5 Å². The maximum Gasteiger partial charge on any atom is 0.308 e. The summed E-state index contributed by atoms with van der Waals surface area (Å²) >= 11 is 0. The fourth-order valence-electron chi connectivity index (χ4n) is 0.652. The Morgan fingerprint density at radius 2 is 2.30 bits per heavy atom. The molecule has 0 spiro atoms. The Hall–Kier alpha value is -0.570. The second kappa shape index (κ2) is 5.23. The molecule has 0 aromatic rings. The molecule has 0 heterocycles. The first kappa shape index (κ1) is 9.43. The van der Waals surface area contributed by atoms with Crippen molar-refractivity contribution in [2.24, 2.45) is 11.7 Å². The average molecular weight is 145 g/mol. The molecule has 0 saturated carbocycles. The van der Waals surface area contributed by atoms with Crippen LogP contribution in [0.5, 0.6) is 0 Å². The quantitative estimate of drug-likeness (QED) is 0.587. The molecule has 0 aliphatic heterocycles. The highest BCUT2D eigenvalue weighted by molar-refractivity contribution is 5.71. The first-order valence-electron chi connectivity index (χ1n) is 3.59. The van der Waals surface area contributed by atoms with E-state index in [2.05, 4.69) is 0 Å². The van der Waals surface area contributed by atoms with Gasteiger partial charge in [-0.3, -0.25) is 4.79 Å². The van der Waals surface area contributed by atoms with Gasteiger partial charge in [0.1, 0.15) is 0 Å². The molecule has 1 atom stereocenters. The molecule has 0 aromatic heterocycles. The van der Waals surface area contributed by atoms with Crippen LogP contribution in [0.15, 0.2) is 0 Å². The lowest BCUT2D eigenvalue weighted by Crippen LogP contribution is -2.17. The fourth-order valence-corrected chi connectivity index (χ4v) is 0.652. The lowest BCUT2D eigenvalue weighted by molar-refractivity contribution is -0.147. The van der Waals surface area contributed by atoms with Crippen LogP contribution >= 0.6 is 0 Å².